The fourth-order valence-electron chi connectivity index (χ4n) is 9.59. The van der Waals surface area contributed by atoms with Crippen LogP contribution < -0.4 is 0 Å². The number of aromatic nitrogens is 4. The van der Waals surface area contributed by atoms with Crippen LogP contribution in [0.1, 0.15) is 89.7 Å². The van der Waals surface area contributed by atoms with E-state index in [0.29, 0.717) is 0 Å². The zero-order valence-electron chi connectivity index (χ0n) is 35.0. The van der Waals surface area contributed by atoms with Crippen molar-refractivity contribution in [2.24, 2.45) is 0 Å². The van der Waals surface area contributed by atoms with Gasteiger partial charge in [0.2, 0.25) is 0 Å². The molecule has 8 heteroatoms. The van der Waals surface area contributed by atoms with Gasteiger partial charge in [-0.15, -0.1) is 0 Å². The summed E-state index contributed by atoms with van der Waals surface area (Å²) in [5, 5.41) is 0. The smallest absolute Gasteiger partial charge is 0.109 e. The van der Waals surface area contributed by atoms with Gasteiger partial charge < -0.3 is 28.9 Å². The maximum Gasteiger partial charge on any atom is 0.109 e. The number of H-pyrrole nitrogens is 2. The van der Waals surface area contributed by atoms with Crippen LogP contribution >= 0.6 is 0 Å². The summed E-state index contributed by atoms with van der Waals surface area (Å²) >= 11 is 0. The van der Waals surface area contributed by atoms with Crippen molar-refractivity contribution in [2.75, 3.05) is 13.2 Å². The highest BCUT2D eigenvalue weighted by atomic mass is 16.6. The number of benzene rings is 4. The molecule has 8 nitrogen and oxygen atoms in total. The Morgan fingerprint density at radius 1 is 0.444 bits per heavy atom. The van der Waals surface area contributed by atoms with Gasteiger partial charge in [0.25, 0.3) is 0 Å². The predicted octanol–water partition coefficient (Wildman–Crippen LogP) is 12.8. The number of rotatable bonds is 9. The Balaban J connectivity index is 1.09. The van der Waals surface area contributed by atoms with Gasteiger partial charge in [0.15, 0.2) is 0 Å². The zero-order valence-corrected chi connectivity index (χ0v) is 35.0. The number of fused-ring (bicyclic) bond motifs is 8. The Hall–Kier alpha value is -6.68. The van der Waals surface area contributed by atoms with Crippen molar-refractivity contribution >= 4 is 46.4 Å². The lowest BCUT2D eigenvalue weighted by Gasteiger charge is -2.08. The SMILES string of the molecule is CCC1OC1c1ccc(-c2c3nc(c(-c4ccc(C5CO5)cc4)c4ccc([nH]4)c(-c4ccc(C5OC5C)cc4)c4nc(c(-c5ccc(C6CO6)cc5)c5ccc2[nH]5)C=C4)C=C3)cc1. The van der Waals surface area contributed by atoms with Gasteiger partial charge in [0, 0.05) is 44.3 Å². The molecule has 7 aromatic rings. The van der Waals surface area contributed by atoms with Crippen LogP contribution in [0, 0.1) is 0 Å². The monoisotopic (exact) mass is 824 g/mol. The van der Waals surface area contributed by atoms with Crippen LogP contribution in [-0.2, 0) is 18.9 Å². The molecule has 0 amide bonds. The van der Waals surface area contributed by atoms with Crippen molar-refractivity contribution in [3.8, 4) is 44.5 Å². The maximum absolute atomic E-state index is 5.99. The largest absolute Gasteiger partial charge is 0.368 e. The molecular weight excluding hydrogens is 781 g/mol. The molecule has 308 valence electrons. The van der Waals surface area contributed by atoms with E-state index in [-0.39, 0.29) is 36.6 Å². The van der Waals surface area contributed by atoms with Crippen molar-refractivity contribution in [2.45, 2.75) is 56.9 Å². The number of hydrogen-bond donors (Lipinski definition) is 2. The van der Waals surface area contributed by atoms with E-state index >= 15 is 0 Å². The van der Waals surface area contributed by atoms with Crippen LogP contribution in [0.4, 0.5) is 0 Å². The van der Waals surface area contributed by atoms with Gasteiger partial charge in [-0.2, -0.15) is 0 Å². The van der Waals surface area contributed by atoms with E-state index in [0.717, 1.165) is 109 Å². The quantitative estimate of drug-likeness (QED) is 0.140. The Kier molecular flexibility index (Phi) is 8.46. The summed E-state index contributed by atoms with van der Waals surface area (Å²) < 4.78 is 23.1. The molecule has 8 bridgehead atoms. The molecule has 0 radical (unpaired) electrons. The van der Waals surface area contributed by atoms with E-state index < -0.39 is 0 Å². The first-order chi connectivity index (χ1) is 31.0. The molecule has 63 heavy (non-hydrogen) atoms. The zero-order chi connectivity index (χ0) is 41.8. The van der Waals surface area contributed by atoms with Crippen LogP contribution in [-0.4, -0.2) is 45.4 Å². The Morgan fingerprint density at radius 3 is 1.05 bits per heavy atom. The van der Waals surface area contributed by atoms with Gasteiger partial charge in [0.1, 0.15) is 24.4 Å². The van der Waals surface area contributed by atoms with E-state index in [9.17, 15) is 0 Å². The average Bonchev–Trinajstić information content (AvgIpc) is 4.28. The summed E-state index contributed by atoms with van der Waals surface area (Å²) in [7, 11) is 0. The predicted molar refractivity (Wildman–Crippen MR) is 249 cm³/mol. The van der Waals surface area contributed by atoms with Crippen LogP contribution in [0.3, 0.4) is 0 Å². The first-order valence-corrected chi connectivity index (χ1v) is 22.1. The number of ether oxygens (including phenoxy) is 4. The highest BCUT2D eigenvalue weighted by Crippen LogP contribution is 2.44. The highest BCUT2D eigenvalue weighted by molar-refractivity contribution is 5.99. The average molecular weight is 825 g/mol. The van der Waals surface area contributed by atoms with Gasteiger partial charge in [-0.1, -0.05) is 104 Å². The third-order valence-corrected chi connectivity index (χ3v) is 13.3. The summed E-state index contributed by atoms with van der Waals surface area (Å²) in [5.74, 6) is 0. The summed E-state index contributed by atoms with van der Waals surface area (Å²) in [6.45, 7) is 5.83. The minimum atomic E-state index is 0.141. The fourth-order valence-corrected chi connectivity index (χ4v) is 9.59. The molecule has 6 aliphatic rings. The normalized spacial score (nSPS) is 22.6. The van der Waals surface area contributed by atoms with E-state index in [4.69, 9.17) is 28.9 Å². The second-order valence-corrected chi connectivity index (χ2v) is 17.4. The molecule has 4 aromatic carbocycles. The molecule has 4 saturated heterocycles. The molecule has 3 aromatic heterocycles. The lowest BCUT2D eigenvalue weighted by Crippen LogP contribution is -1.91. The second-order valence-electron chi connectivity index (χ2n) is 17.4. The molecule has 13 rings (SSSR count). The molecular formula is C55H44N4O4. The Labute approximate surface area is 364 Å². The van der Waals surface area contributed by atoms with Crippen molar-refractivity contribution in [3.63, 3.8) is 0 Å². The molecule has 0 spiro atoms. The van der Waals surface area contributed by atoms with Gasteiger partial charge in [-0.3, -0.25) is 0 Å². The molecule has 0 aliphatic carbocycles. The molecule has 4 fully saturated rings. The standard InChI is InChI=1S/C55H44N4O4/c1-3-47-55(63-47)38-18-14-36(15-19-38)53-45-26-22-41(58-45)50(33-8-4-31(5-9-33)48-28-60-48)39-20-24-43(56-39)52(35-12-16-37(17-13-35)54-30(2)62-54)44-25-21-40(57-44)51(42-23-27-46(53)59-42)34-10-6-32(7-11-34)49-29-61-49/h4-27,30,47-49,54-56,59H,3,28-29H2,1-2H3. The summed E-state index contributed by atoms with van der Waals surface area (Å²) in [5.41, 5.74) is 20.5. The first kappa shape index (κ1) is 36.9. The number of nitrogens with zero attached hydrogens (tertiary/aromatic N) is 2. The first-order valence-electron chi connectivity index (χ1n) is 22.1. The minimum Gasteiger partial charge on any atom is -0.368 e. The van der Waals surface area contributed by atoms with E-state index in [2.05, 4.69) is 169 Å². The van der Waals surface area contributed by atoms with Gasteiger partial charge in [0.05, 0.1) is 48.2 Å². The Morgan fingerprint density at radius 2 is 0.762 bits per heavy atom. The van der Waals surface area contributed by atoms with Crippen molar-refractivity contribution < 1.29 is 18.9 Å². The van der Waals surface area contributed by atoms with Gasteiger partial charge in [-0.25, -0.2) is 9.97 Å². The molecule has 6 aliphatic heterocycles. The number of hydrogen-bond acceptors (Lipinski definition) is 6. The van der Waals surface area contributed by atoms with Crippen molar-refractivity contribution in [1.29, 1.82) is 0 Å². The van der Waals surface area contributed by atoms with Gasteiger partial charge >= 0.3 is 0 Å². The lowest BCUT2D eigenvalue weighted by molar-refractivity contribution is 0.370. The molecule has 0 saturated carbocycles. The Bertz CT molecular complexity index is 3140. The van der Waals surface area contributed by atoms with Crippen molar-refractivity contribution in [3.05, 3.63) is 166 Å². The number of aromatic amines is 2. The van der Waals surface area contributed by atoms with Crippen LogP contribution in [0.5, 0.6) is 0 Å². The topological polar surface area (TPSA) is 107 Å². The van der Waals surface area contributed by atoms with Gasteiger partial charge in [-0.05, 0) is 106 Å². The number of epoxide rings is 4. The van der Waals surface area contributed by atoms with E-state index in [1.165, 1.54) is 22.3 Å². The lowest BCUT2D eigenvalue weighted by atomic mass is 10.0. The highest BCUT2D eigenvalue weighted by Gasteiger charge is 2.38. The molecule has 6 unspecified atom stereocenters. The summed E-state index contributed by atoms with van der Waals surface area (Å²) in [6, 6.07) is 43.8. The molecule has 6 atom stereocenters. The van der Waals surface area contributed by atoms with E-state index in [1.807, 2.05) is 0 Å². The van der Waals surface area contributed by atoms with Crippen LogP contribution in [0.25, 0.3) is 90.9 Å². The van der Waals surface area contributed by atoms with Crippen LogP contribution in [0.15, 0.2) is 121 Å². The van der Waals surface area contributed by atoms with Crippen molar-refractivity contribution in [1.82, 2.24) is 19.9 Å². The van der Waals surface area contributed by atoms with Crippen LogP contribution in [0.2, 0.25) is 0 Å². The maximum atomic E-state index is 5.99. The third kappa shape index (κ3) is 6.69. The fraction of sp³-hybridized carbons (Fsp3) is 0.200. The molecule has 2 N–H and O–H groups in total. The summed E-state index contributed by atoms with van der Waals surface area (Å²) in [6.07, 6.45) is 10.8. The summed E-state index contributed by atoms with van der Waals surface area (Å²) in [4.78, 5) is 18.8. The minimum absolute atomic E-state index is 0.141. The molecule has 9 heterocycles. The van der Waals surface area contributed by atoms with E-state index in [1.54, 1.807) is 0 Å². The third-order valence-electron chi connectivity index (χ3n) is 13.3. The number of nitrogens with one attached hydrogen (secondary N) is 2. The second kappa shape index (κ2) is 14.4.